The van der Waals surface area contributed by atoms with Crippen LogP contribution in [0, 0.1) is 6.92 Å². The number of hydrogen-bond donors (Lipinski definition) is 1. The fraction of sp³-hybridized carbons (Fsp3) is 0.484. The molecule has 1 saturated heterocycles. The van der Waals surface area contributed by atoms with Crippen molar-refractivity contribution < 1.29 is 28.5 Å². The fourth-order valence-corrected chi connectivity index (χ4v) is 6.54. The van der Waals surface area contributed by atoms with E-state index in [2.05, 4.69) is 4.98 Å². The van der Waals surface area contributed by atoms with Gasteiger partial charge in [-0.25, -0.2) is 19.1 Å². The van der Waals surface area contributed by atoms with Crippen LogP contribution in [-0.2, 0) is 37.7 Å². The molecule has 0 radical (unpaired) electrons. The van der Waals surface area contributed by atoms with Gasteiger partial charge < -0.3 is 23.7 Å². The first-order chi connectivity index (χ1) is 20.5. The van der Waals surface area contributed by atoms with E-state index in [1.165, 1.54) is 42.2 Å². The SMILES string of the molecule is Cc1c(-c2ncco2)sc2c1c(=O)n(C(C)(C)C(=O)O)c(=O)n2CC(OC1CCOCC1)c1ccccc1COC(C)C. The number of fused-ring (bicyclic) bond motifs is 1. The number of carboxylic acids is 1. The second-order valence-electron chi connectivity index (χ2n) is 11.5. The molecule has 0 amide bonds. The summed E-state index contributed by atoms with van der Waals surface area (Å²) in [6.07, 6.45) is 3.63. The smallest absolute Gasteiger partial charge is 0.333 e. The maximum Gasteiger partial charge on any atom is 0.333 e. The van der Waals surface area contributed by atoms with Gasteiger partial charge in [0, 0.05) is 13.2 Å². The molecule has 1 aliphatic rings. The monoisotopic (exact) mass is 611 g/mol. The highest BCUT2D eigenvalue weighted by Crippen LogP contribution is 2.37. The third-order valence-electron chi connectivity index (χ3n) is 7.77. The minimum absolute atomic E-state index is 0.00898. The zero-order valence-electron chi connectivity index (χ0n) is 25.0. The molecule has 4 aromatic rings. The minimum atomic E-state index is -1.82. The first kappa shape index (κ1) is 30.9. The summed E-state index contributed by atoms with van der Waals surface area (Å²) >= 11 is 1.21. The number of oxazole rings is 1. The molecule has 43 heavy (non-hydrogen) atoms. The number of rotatable bonds is 11. The first-order valence-electron chi connectivity index (χ1n) is 14.4. The van der Waals surface area contributed by atoms with Crippen LogP contribution < -0.4 is 11.2 Å². The Morgan fingerprint density at radius 2 is 1.93 bits per heavy atom. The van der Waals surface area contributed by atoms with Gasteiger partial charge in [-0.15, -0.1) is 11.3 Å². The fourth-order valence-electron chi connectivity index (χ4n) is 5.30. The van der Waals surface area contributed by atoms with Crippen LogP contribution in [0.3, 0.4) is 0 Å². The van der Waals surface area contributed by atoms with Crippen LogP contribution in [-0.4, -0.2) is 50.6 Å². The third-order valence-corrected chi connectivity index (χ3v) is 9.07. The van der Waals surface area contributed by atoms with Crippen LogP contribution in [0.5, 0.6) is 0 Å². The minimum Gasteiger partial charge on any atom is -0.480 e. The molecule has 1 aliphatic heterocycles. The van der Waals surface area contributed by atoms with Crippen molar-refractivity contribution in [3.05, 3.63) is 74.3 Å². The van der Waals surface area contributed by atoms with Crippen LogP contribution in [0.15, 0.2) is 50.7 Å². The lowest BCUT2D eigenvalue weighted by Gasteiger charge is -2.30. The molecule has 0 spiro atoms. The van der Waals surface area contributed by atoms with E-state index in [4.69, 9.17) is 18.6 Å². The zero-order chi connectivity index (χ0) is 30.9. The van der Waals surface area contributed by atoms with Crippen molar-refractivity contribution in [2.45, 2.75) is 84.5 Å². The maximum atomic E-state index is 14.3. The van der Waals surface area contributed by atoms with Crippen LogP contribution >= 0.6 is 11.3 Å². The lowest BCUT2D eigenvalue weighted by atomic mass is 10.0. The van der Waals surface area contributed by atoms with Crippen LogP contribution in [0.25, 0.3) is 21.0 Å². The second-order valence-corrected chi connectivity index (χ2v) is 12.5. The largest absolute Gasteiger partial charge is 0.480 e. The molecule has 3 aromatic heterocycles. The van der Waals surface area contributed by atoms with E-state index in [1.807, 2.05) is 38.1 Å². The van der Waals surface area contributed by atoms with Gasteiger partial charge in [-0.05, 0) is 64.2 Å². The van der Waals surface area contributed by atoms with Gasteiger partial charge in [-0.3, -0.25) is 9.36 Å². The van der Waals surface area contributed by atoms with Gasteiger partial charge in [0.25, 0.3) is 5.56 Å². The number of benzene rings is 1. The van der Waals surface area contributed by atoms with Crippen molar-refractivity contribution in [1.82, 2.24) is 14.1 Å². The summed E-state index contributed by atoms with van der Waals surface area (Å²) in [5, 5.41) is 10.3. The quantitative estimate of drug-likeness (QED) is 0.252. The molecule has 4 heterocycles. The van der Waals surface area contributed by atoms with Crippen LogP contribution in [0.1, 0.15) is 63.3 Å². The number of carboxylic acid groups (broad SMARTS) is 1. The third kappa shape index (κ3) is 6.10. The molecular weight excluding hydrogens is 574 g/mol. The first-order valence-corrected chi connectivity index (χ1v) is 15.2. The summed E-state index contributed by atoms with van der Waals surface area (Å²) < 4.78 is 26.1. The number of aromatic nitrogens is 3. The van der Waals surface area contributed by atoms with Crippen molar-refractivity contribution in [3.63, 3.8) is 0 Å². The highest BCUT2D eigenvalue weighted by atomic mass is 32.1. The van der Waals surface area contributed by atoms with Crippen molar-refractivity contribution >= 4 is 27.5 Å². The summed E-state index contributed by atoms with van der Waals surface area (Å²) in [7, 11) is 0. The highest BCUT2D eigenvalue weighted by Gasteiger charge is 2.36. The van der Waals surface area contributed by atoms with E-state index in [0.717, 1.165) is 15.7 Å². The topological polar surface area (TPSA) is 135 Å². The van der Waals surface area contributed by atoms with E-state index in [9.17, 15) is 19.5 Å². The Balaban J connectivity index is 1.73. The van der Waals surface area contributed by atoms with Crippen LogP contribution in [0.2, 0.25) is 0 Å². The number of ether oxygens (including phenoxy) is 3. The number of hydrogen-bond acceptors (Lipinski definition) is 9. The van der Waals surface area contributed by atoms with E-state index < -0.39 is 28.9 Å². The molecule has 230 valence electrons. The Morgan fingerprint density at radius 1 is 1.21 bits per heavy atom. The predicted molar refractivity (Wildman–Crippen MR) is 162 cm³/mol. The summed E-state index contributed by atoms with van der Waals surface area (Å²) in [5.41, 5.74) is -0.902. The average Bonchev–Trinajstić information content (AvgIpc) is 3.62. The summed E-state index contributed by atoms with van der Waals surface area (Å²) in [4.78, 5) is 45.8. The number of aliphatic carboxylic acids is 1. The van der Waals surface area contributed by atoms with E-state index in [-0.39, 0.29) is 24.1 Å². The molecule has 0 bridgehead atoms. The van der Waals surface area contributed by atoms with Gasteiger partial charge in [0.2, 0.25) is 5.89 Å². The van der Waals surface area contributed by atoms with Gasteiger partial charge in [-0.2, -0.15) is 0 Å². The molecule has 12 heteroatoms. The van der Waals surface area contributed by atoms with Crippen molar-refractivity contribution in [1.29, 1.82) is 0 Å². The molecule has 11 nitrogen and oxygen atoms in total. The van der Waals surface area contributed by atoms with Gasteiger partial charge >= 0.3 is 11.7 Å². The Labute approximate surface area is 252 Å². The van der Waals surface area contributed by atoms with Gasteiger partial charge in [0.05, 0.1) is 41.8 Å². The normalized spacial score (nSPS) is 15.4. The Hall–Kier alpha value is -3.58. The summed E-state index contributed by atoms with van der Waals surface area (Å²) in [5.74, 6) is -0.989. The maximum absolute atomic E-state index is 14.3. The molecule has 1 fully saturated rings. The summed E-state index contributed by atoms with van der Waals surface area (Å²) in [6, 6.07) is 7.78. The standard InChI is InChI=1S/C31H37N3O8S/c1-18(2)41-17-20-8-6-7-9-22(20)23(42-21-10-13-39-14-11-21)16-33-28-24(19(3)25(43-28)26-32-12-15-40-26)27(35)34(30(33)38)31(4,5)29(36)37/h6-9,12,15,18,21,23H,10-11,13-14,16-17H2,1-5H3,(H,36,37). The Morgan fingerprint density at radius 3 is 2.58 bits per heavy atom. The van der Waals surface area contributed by atoms with E-state index >= 15 is 0 Å². The number of nitrogens with zero attached hydrogens (tertiary/aromatic N) is 3. The summed E-state index contributed by atoms with van der Waals surface area (Å²) in [6.45, 7) is 9.90. The lowest BCUT2D eigenvalue weighted by molar-refractivity contribution is -0.146. The molecule has 0 aliphatic carbocycles. The van der Waals surface area contributed by atoms with Crippen LogP contribution in [0.4, 0.5) is 0 Å². The molecule has 1 N–H and O–H groups in total. The highest BCUT2D eigenvalue weighted by molar-refractivity contribution is 7.22. The van der Waals surface area contributed by atoms with Gasteiger partial charge in [0.1, 0.15) is 22.7 Å². The van der Waals surface area contributed by atoms with Crippen molar-refractivity contribution in [2.24, 2.45) is 0 Å². The second kappa shape index (κ2) is 12.6. The molecule has 0 saturated carbocycles. The molecular formula is C31H37N3O8S. The van der Waals surface area contributed by atoms with Gasteiger partial charge in [0.15, 0.2) is 0 Å². The number of carbonyl (C=O) groups is 1. The van der Waals surface area contributed by atoms with Gasteiger partial charge in [-0.1, -0.05) is 24.3 Å². The Bertz CT molecular complexity index is 1710. The average molecular weight is 612 g/mol. The zero-order valence-corrected chi connectivity index (χ0v) is 25.8. The van der Waals surface area contributed by atoms with Crippen molar-refractivity contribution in [2.75, 3.05) is 13.2 Å². The van der Waals surface area contributed by atoms with E-state index in [0.29, 0.717) is 53.8 Å². The Kier molecular flexibility index (Phi) is 9.02. The molecule has 1 aromatic carbocycles. The van der Waals surface area contributed by atoms with E-state index in [1.54, 1.807) is 6.92 Å². The van der Waals surface area contributed by atoms with Crippen molar-refractivity contribution in [3.8, 4) is 10.8 Å². The molecule has 5 rings (SSSR count). The number of aryl methyl sites for hydroxylation is 1. The number of thiophene rings is 1. The predicted octanol–water partition coefficient (Wildman–Crippen LogP) is 4.87. The molecule has 1 unspecified atom stereocenters. The lowest BCUT2D eigenvalue weighted by Crippen LogP contribution is -2.52. The molecule has 1 atom stereocenters.